The van der Waals surface area contributed by atoms with Gasteiger partial charge in [-0.05, 0) is 62.8 Å². The Morgan fingerprint density at radius 3 is 2.35 bits per heavy atom. The van der Waals surface area contributed by atoms with Gasteiger partial charge in [0.05, 0.1) is 13.2 Å². The molecule has 2 aromatic rings. The molecular formula is C23H32O3. The van der Waals surface area contributed by atoms with E-state index >= 15 is 0 Å². The molecule has 0 aromatic heterocycles. The van der Waals surface area contributed by atoms with Crippen LogP contribution in [0.2, 0.25) is 0 Å². The summed E-state index contributed by atoms with van der Waals surface area (Å²) in [5, 5.41) is 10.3. The Balaban J connectivity index is 0.00000117. The van der Waals surface area contributed by atoms with Crippen molar-refractivity contribution in [2.24, 2.45) is 0 Å². The first-order valence-electron chi connectivity index (χ1n) is 9.53. The highest BCUT2D eigenvalue weighted by molar-refractivity contribution is 5.58. The smallest absolute Gasteiger partial charge is 0.130 e. The fourth-order valence-electron chi connectivity index (χ4n) is 3.36. The van der Waals surface area contributed by atoms with E-state index in [2.05, 4.69) is 19.1 Å². The van der Waals surface area contributed by atoms with E-state index in [1.807, 2.05) is 52.8 Å². The molecule has 0 aliphatic carbocycles. The molecule has 0 bridgehead atoms. The maximum absolute atomic E-state index is 10.3. The summed E-state index contributed by atoms with van der Waals surface area (Å²) >= 11 is 0. The number of ether oxygens (including phenoxy) is 2. The van der Waals surface area contributed by atoms with E-state index in [1.165, 1.54) is 5.56 Å². The summed E-state index contributed by atoms with van der Waals surface area (Å²) in [5.74, 6) is 1.33. The highest BCUT2D eigenvalue weighted by atomic mass is 16.5. The molecule has 1 atom stereocenters. The third-order valence-corrected chi connectivity index (χ3v) is 5.11. The number of phenols is 1. The van der Waals surface area contributed by atoms with Gasteiger partial charge in [0.1, 0.15) is 17.1 Å². The van der Waals surface area contributed by atoms with Crippen molar-refractivity contribution >= 4 is 0 Å². The molecule has 3 rings (SSSR count). The summed E-state index contributed by atoms with van der Waals surface area (Å²) in [6.45, 7) is 13.2. The Morgan fingerprint density at radius 2 is 1.69 bits per heavy atom. The molecule has 26 heavy (non-hydrogen) atoms. The minimum atomic E-state index is -0.331. The number of hydrogen-bond donors (Lipinski definition) is 1. The standard InChI is InChI=1S/C21H26O3.C2H6/c1-14-15(2)20-18(16(3)19(14)22)10-11-21(4,24-20)13-23-12-17-8-6-5-7-9-17;1-2/h5-9,22H,10-13H2,1-4H3;1-2H3. The predicted octanol–water partition coefficient (Wildman–Crippen LogP) is 5.64. The van der Waals surface area contributed by atoms with Crippen LogP contribution in [-0.4, -0.2) is 17.3 Å². The molecule has 0 saturated carbocycles. The number of hydrogen-bond acceptors (Lipinski definition) is 3. The van der Waals surface area contributed by atoms with Crippen LogP contribution in [0.1, 0.15) is 55.0 Å². The van der Waals surface area contributed by atoms with Crippen LogP contribution in [0.25, 0.3) is 0 Å². The zero-order valence-corrected chi connectivity index (χ0v) is 17.0. The largest absolute Gasteiger partial charge is 0.507 e. The van der Waals surface area contributed by atoms with Crippen LogP contribution in [0.3, 0.4) is 0 Å². The third kappa shape index (κ3) is 4.21. The van der Waals surface area contributed by atoms with Crippen LogP contribution in [0, 0.1) is 20.8 Å². The van der Waals surface area contributed by atoms with E-state index in [0.29, 0.717) is 19.0 Å². The summed E-state index contributed by atoms with van der Waals surface area (Å²) in [5.41, 5.74) is 4.85. The molecule has 0 fully saturated rings. The lowest BCUT2D eigenvalue weighted by Crippen LogP contribution is -2.41. The number of phenolic OH excluding ortho intramolecular Hbond substituents is 1. The molecule has 0 spiro atoms. The van der Waals surface area contributed by atoms with Gasteiger partial charge >= 0.3 is 0 Å². The molecule has 1 heterocycles. The highest BCUT2D eigenvalue weighted by Gasteiger charge is 2.34. The minimum Gasteiger partial charge on any atom is -0.507 e. The average molecular weight is 357 g/mol. The van der Waals surface area contributed by atoms with Gasteiger partial charge in [-0.3, -0.25) is 0 Å². The Morgan fingerprint density at radius 1 is 1.04 bits per heavy atom. The van der Waals surface area contributed by atoms with Gasteiger partial charge < -0.3 is 14.6 Å². The zero-order valence-electron chi connectivity index (χ0n) is 17.0. The van der Waals surface area contributed by atoms with Gasteiger partial charge in [0, 0.05) is 5.56 Å². The lowest BCUT2D eigenvalue weighted by atomic mass is 9.87. The molecule has 1 aliphatic rings. The van der Waals surface area contributed by atoms with Crippen molar-refractivity contribution < 1.29 is 14.6 Å². The van der Waals surface area contributed by atoms with Crippen LogP contribution >= 0.6 is 0 Å². The van der Waals surface area contributed by atoms with E-state index in [4.69, 9.17) is 9.47 Å². The van der Waals surface area contributed by atoms with Crippen LogP contribution in [-0.2, 0) is 17.8 Å². The van der Waals surface area contributed by atoms with Crippen molar-refractivity contribution in [2.45, 2.75) is 66.6 Å². The first kappa shape index (κ1) is 20.3. The first-order chi connectivity index (χ1) is 12.4. The SMILES string of the molecule is CC.Cc1c(C)c2c(c(C)c1O)CCC(C)(COCc1ccccc1)O2. The van der Waals surface area contributed by atoms with Crippen LogP contribution < -0.4 is 4.74 Å². The molecule has 3 nitrogen and oxygen atoms in total. The zero-order chi connectivity index (χ0) is 19.3. The van der Waals surface area contributed by atoms with Gasteiger partial charge in [-0.15, -0.1) is 0 Å². The fraction of sp³-hybridized carbons (Fsp3) is 0.478. The highest BCUT2D eigenvalue weighted by Crippen LogP contribution is 2.43. The monoisotopic (exact) mass is 356 g/mol. The summed E-state index contributed by atoms with van der Waals surface area (Å²) in [6, 6.07) is 10.2. The summed E-state index contributed by atoms with van der Waals surface area (Å²) < 4.78 is 12.3. The molecule has 3 heteroatoms. The van der Waals surface area contributed by atoms with Crippen molar-refractivity contribution in [1.82, 2.24) is 0 Å². The van der Waals surface area contributed by atoms with Gasteiger partial charge in [0.15, 0.2) is 0 Å². The van der Waals surface area contributed by atoms with Gasteiger partial charge in [-0.1, -0.05) is 44.2 Å². The topological polar surface area (TPSA) is 38.7 Å². The van der Waals surface area contributed by atoms with E-state index in [-0.39, 0.29) is 5.60 Å². The Bertz CT molecular complexity index is 737. The van der Waals surface area contributed by atoms with E-state index in [1.54, 1.807) is 0 Å². The molecule has 1 unspecified atom stereocenters. The van der Waals surface area contributed by atoms with Crippen LogP contribution in [0.15, 0.2) is 30.3 Å². The van der Waals surface area contributed by atoms with Crippen molar-refractivity contribution in [3.05, 3.63) is 58.1 Å². The lowest BCUT2D eigenvalue weighted by molar-refractivity contribution is -0.0341. The van der Waals surface area contributed by atoms with Gasteiger partial charge in [0.2, 0.25) is 0 Å². The maximum Gasteiger partial charge on any atom is 0.130 e. The van der Waals surface area contributed by atoms with Crippen molar-refractivity contribution in [2.75, 3.05) is 6.61 Å². The number of aromatic hydroxyl groups is 1. The van der Waals surface area contributed by atoms with Gasteiger partial charge in [0.25, 0.3) is 0 Å². The molecular weight excluding hydrogens is 324 g/mol. The number of fused-ring (bicyclic) bond motifs is 1. The first-order valence-corrected chi connectivity index (χ1v) is 9.53. The summed E-state index contributed by atoms with van der Waals surface area (Å²) in [4.78, 5) is 0. The Hall–Kier alpha value is -2.00. The van der Waals surface area contributed by atoms with Gasteiger partial charge in [-0.2, -0.15) is 0 Å². The number of rotatable bonds is 4. The second-order valence-electron chi connectivity index (χ2n) is 7.06. The van der Waals surface area contributed by atoms with E-state index in [9.17, 15) is 5.11 Å². The number of benzene rings is 2. The van der Waals surface area contributed by atoms with E-state index in [0.717, 1.165) is 40.8 Å². The lowest BCUT2D eigenvalue weighted by Gasteiger charge is -2.37. The average Bonchev–Trinajstić information content (AvgIpc) is 2.67. The third-order valence-electron chi connectivity index (χ3n) is 5.11. The van der Waals surface area contributed by atoms with Crippen LogP contribution in [0.5, 0.6) is 11.5 Å². The van der Waals surface area contributed by atoms with Crippen molar-refractivity contribution in [3.8, 4) is 11.5 Å². The molecule has 142 valence electrons. The molecule has 1 N–H and O–H groups in total. The normalized spacial score (nSPS) is 18.4. The minimum absolute atomic E-state index is 0.331. The molecule has 0 amide bonds. The molecule has 1 aliphatic heterocycles. The maximum atomic E-state index is 10.3. The Kier molecular flexibility index (Phi) is 6.71. The second-order valence-corrected chi connectivity index (χ2v) is 7.06. The molecule has 0 saturated heterocycles. The van der Waals surface area contributed by atoms with E-state index < -0.39 is 0 Å². The van der Waals surface area contributed by atoms with Crippen LogP contribution in [0.4, 0.5) is 0 Å². The molecule has 2 aromatic carbocycles. The Labute approximate surface area is 158 Å². The quantitative estimate of drug-likeness (QED) is 0.770. The second kappa shape index (κ2) is 8.59. The molecule has 0 radical (unpaired) electrons. The van der Waals surface area contributed by atoms with Gasteiger partial charge in [-0.25, -0.2) is 0 Å². The predicted molar refractivity (Wildman–Crippen MR) is 107 cm³/mol. The van der Waals surface area contributed by atoms with Crippen molar-refractivity contribution in [1.29, 1.82) is 0 Å². The fourth-order valence-corrected chi connectivity index (χ4v) is 3.36. The summed E-state index contributed by atoms with van der Waals surface area (Å²) in [6.07, 6.45) is 1.79. The summed E-state index contributed by atoms with van der Waals surface area (Å²) in [7, 11) is 0. The van der Waals surface area contributed by atoms with Crippen molar-refractivity contribution in [3.63, 3.8) is 0 Å².